The molecule has 3 N–H and O–H groups in total. The summed E-state index contributed by atoms with van der Waals surface area (Å²) in [7, 11) is 0. The van der Waals surface area contributed by atoms with Crippen molar-refractivity contribution in [2.45, 2.75) is 13.3 Å². The second-order valence-corrected chi connectivity index (χ2v) is 5.34. The van der Waals surface area contributed by atoms with Crippen LogP contribution in [0.1, 0.15) is 22.5 Å². The van der Waals surface area contributed by atoms with Crippen LogP contribution in [0.5, 0.6) is 5.75 Å². The molecule has 2 aromatic rings. The number of nitrogens with one attached hydrogen (secondary N) is 2. The Bertz CT molecular complexity index is 815. The zero-order valence-electron chi connectivity index (χ0n) is 12.5. The van der Waals surface area contributed by atoms with E-state index in [1.54, 1.807) is 31.2 Å². The monoisotopic (exact) mass is 333 g/mol. The van der Waals surface area contributed by atoms with Gasteiger partial charge in [-0.1, -0.05) is 17.7 Å². The SMILES string of the molecule is C=CCCNC(=O)c1nc(-c2ccc(Cl)cc2C)[nH]c(=O)c1O. The Hall–Kier alpha value is -2.60. The number of H-pyrrole nitrogens is 1. The Labute approximate surface area is 137 Å². The largest absolute Gasteiger partial charge is 0.501 e. The Balaban J connectivity index is 2.45. The molecule has 1 aromatic carbocycles. The van der Waals surface area contributed by atoms with Crippen LogP contribution >= 0.6 is 11.6 Å². The maximum absolute atomic E-state index is 12.1. The van der Waals surface area contributed by atoms with Gasteiger partial charge in [-0.15, -0.1) is 6.58 Å². The topological polar surface area (TPSA) is 95.1 Å². The van der Waals surface area contributed by atoms with Crippen molar-refractivity contribution in [3.8, 4) is 17.1 Å². The molecule has 23 heavy (non-hydrogen) atoms. The van der Waals surface area contributed by atoms with E-state index < -0.39 is 17.2 Å². The van der Waals surface area contributed by atoms with E-state index in [0.717, 1.165) is 5.56 Å². The summed E-state index contributed by atoms with van der Waals surface area (Å²) in [5, 5.41) is 12.9. The standard InChI is InChI=1S/C16H16ClN3O3/c1-3-4-7-18-15(22)12-13(21)16(23)20-14(19-12)11-6-5-10(17)8-9(11)2/h3,5-6,8,21H,1,4,7H2,2H3,(H,18,22)(H,19,20,23). The first-order chi connectivity index (χ1) is 10.9. The Morgan fingerprint density at radius 2 is 2.26 bits per heavy atom. The number of aromatic amines is 1. The average Bonchev–Trinajstić information content (AvgIpc) is 2.50. The fourth-order valence-electron chi connectivity index (χ4n) is 2.02. The Kier molecular flexibility index (Phi) is 5.18. The third-order valence-corrected chi connectivity index (χ3v) is 3.42. The molecule has 0 spiro atoms. The lowest BCUT2D eigenvalue weighted by atomic mass is 10.1. The van der Waals surface area contributed by atoms with Crippen LogP contribution in [-0.4, -0.2) is 27.5 Å². The molecule has 0 saturated carbocycles. The van der Waals surface area contributed by atoms with E-state index >= 15 is 0 Å². The maximum atomic E-state index is 12.1. The lowest BCUT2D eigenvalue weighted by Crippen LogP contribution is -2.27. The van der Waals surface area contributed by atoms with E-state index in [9.17, 15) is 14.7 Å². The highest BCUT2D eigenvalue weighted by Gasteiger charge is 2.18. The molecule has 0 saturated heterocycles. The fourth-order valence-corrected chi connectivity index (χ4v) is 2.24. The summed E-state index contributed by atoms with van der Waals surface area (Å²) in [4.78, 5) is 30.5. The molecule has 0 bridgehead atoms. The molecule has 0 atom stereocenters. The van der Waals surface area contributed by atoms with Crippen molar-refractivity contribution in [2.24, 2.45) is 0 Å². The summed E-state index contributed by atoms with van der Waals surface area (Å²) in [6, 6.07) is 5.06. The summed E-state index contributed by atoms with van der Waals surface area (Å²) >= 11 is 5.91. The summed E-state index contributed by atoms with van der Waals surface area (Å²) in [6.07, 6.45) is 2.21. The number of benzene rings is 1. The van der Waals surface area contributed by atoms with Crippen molar-refractivity contribution >= 4 is 17.5 Å². The van der Waals surface area contributed by atoms with Gasteiger partial charge in [-0.25, -0.2) is 4.98 Å². The normalized spacial score (nSPS) is 10.3. The van der Waals surface area contributed by atoms with Crippen molar-refractivity contribution in [1.29, 1.82) is 0 Å². The number of nitrogens with zero attached hydrogens (tertiary/aromatic N) is 1. The van der Waals surface area contributed by atoms with Gasteiger partial charge in [0.05, 0.1) is 0 Å². The Morgan fingerprint density at radius 3 is 2.91 bits per heavy atom. The van der Waals surface area contributed by atoms with E-state index in [1.165, 1.54) is 0 Å². The van der Waals surface area contributed by atoms with E-state index in [2.05, 4.69) is 21.9 Å². The lowest BCUT2D eigenvalue weighted by molar-refractivity contribution is 0.0946. The molecule has 0 fully saturated rings. The van der Waals surface area contributed by atoms with Gasteiger partial charge in [-0.2, -0.15) is 0 Å². The first-order valence-corrected chi connectivity index (χ1v) is 7.30. The molecule has 7 heteroatoms. The molecule has 0 aliphatic rings. The van der Waals surface area contributed by atoms with Gasteiger partial charge in [0.2, 0.25) is 5.75 Å². The van der Waals surface area contributed by atoms with E-state index in [4.69, 9.17) is 11.6 Å². The van der Waals surface area contributed by atoms with E-state index in [-0.39, 0.29) is 11.5 Å². The number of amides is 1. The second kappa shape index (κ2) is 7.11. The molecular weight excluding hydrogens is 318 g/mol. The van der Waals surface area contributed by atoms with Crippen LogP contribution in [0.25, 0.3) is 11.4 Å². The highest BCUT2D eigenvalue weighted by molar-refractivity contribution is 6.30. The molecule has 0 aliphatic heterocycles. The van der Waals surface area contributed by atoms with Crippen molar-refractivity contribution in [2.75, 3.05) is 6.54 Å². The second-order valence-electron chi connectivity index (χ2n) is 4.90. The van der Waals surface area contributed by atoms with Gasteiger partial charge in [0.1, 0.15) is 5.82 Å². The van der Waals surface area contributed by atoms with Gasteiger partial charge in [0.15, 0.2) is 5.69 Å². The molecule has 2 rings (SSSR count). The van der Waals surface area contributed by atoms with Crippen LogP contribution in [0, 0.1) is 6.92 Å². The molecule has 1 amide bonds. The summed E-state index contributed by atoms with van der Waals surface area (Å²) in [5.74, 6) is -1.14. The number of rotatable bonds is 5. The summed E-state index contributed by atoms with van der Waals surface area (Å²) < 4.78 is 0. The number of carbonyl (C=O) groups excluding carboxylic acids is 1. The Morgan fingerprint density at radius 1 is 1.52 bits per heavy atom. The third-order valence-electron chi connectivity index (χ3n) is 3.19. The fraction of sp³-hybridized carbons (Fsp3) is 0.188. The number of carbonyl (C=O) groups is 1. The van der Waals surface area contributed by atoms with E-state index in [0.29, 0.717) is 23.6 Å². The minimum absolute atomic E-state index is 0.191. The molecule has 6 nitrogen and oxygen atoms in total. The van der Waals surface area contributed by atoms with E-state index in [1.807, 2.05) is 0 Å². The van der Waals surface area contributed by atoms with Crippen LogP contribution in [0.3, 0.4) is 0 Å². The lowest BCUT2D eigenvalue weighted by Gasteiger charge is -2.09. The minimum Gasteiger partial charge on any atom is -0.501 e. The van der Waals surface area contributed by atoms with Crippen LogP contribution in [0.15, 0.2) is 35.6 Å². The zero-order chi connectivity index (χ0) is 17.0. The number of aromatic hydroxyl groups is 1. The van der Waals surface area contributed by atoms with Crippen molar-refractivity contribution < 1.29 is 9.90 Å². The number of hydrogen-bond acceptors (Lipinski definition) is 4. The average molecular weight is 334 g/mol. The number of halogens is 1. The highest BCUT2D eigenvalue weighted by atomic mass is 35.5. The van der Waals surface area contributed by atoms with Gasteiger partial charge in [0.25, 0.3) is 11.5 Å². The van der Waals surface area contributed by atoms with Crippen molar-refractivity contribution in [1.82, 2.24) is 15.3 Å². The molecule has 1 heterocycles. The van der Waals surface area contributed by atoms with Crippen molar-refractivity contribution in [3.05, 3.63) is 57.5 Å². The van der Waals surface area contributed by atoms with Crippen LogP contribution in [0.2, 0.25) is 5.02 Å². The molecule has 1 aromatic heterocycles. The van der Waals surface area contributed by atoms with Crippen molar-refractivity contribution in [3.63, 3.8) is 0 Å². The summed E-state index contributed by atoms with van der Waals surface area (Å²) in [6.45, 7) is 5.69. The van der Waals surface area contributed by atoms with Gasteiger partial charge >= 0.3 is 0 Å². The molecule has 0 aliphatic carbocycles. The maximum Gasteiger partial charge on any atom is 0.294 e. The van der Waals surface area contributed by atoms with Gasteiger partial charge in [0, 0.05) is 17.1 Å². The summed E-state index contributed by atoms with van der Waals surface area (Å²) in [5.41, 5.74) is 0.302. The van der Waals surface area contributed by atoms with Gasteiger partial charge in [-0.05, 0) is 37.1 Å². The van der Waals surface area contributed by atoms with Gasteiger partial charge in [-0.3, -0.25) is 9.59 Å². The molecule has 0 unspecified atom stereocenters. The molecule has 120 valence electrons. The van der Waals surface area contributed by atoms with Crippen LogP contribution in [-0.2, 0) is 0 Å². The van der Waals surface area contributed by atoms with Gasteiger partial charge < -0.3 is 15.4 Å². The molecular formula is C16H16ClN3O3. The van der Waals surface area contributed by atoms with Crippen LogP contribution in [0.4, 0.5) is 0 Å². The quantitative estimate of drug-likeness (QED) is 0.578. The first-order valence-electron chi connectivity index (χ1n) is 6.93. The molecule has 0 radical (unpaired) electrons. The highest BCUT2D eigenvalue weighted by Crippen LogP contribution is 2.23. The van der Waals surface area contributed by atoms with Crippen LogP contribution < -0.4 is 10.9 Å². The zero-order valence-corrected chi connectivity index (χ0v) is 13.3. The predicted molar refractivity (Wildman–Crippen MR) is 88.9 cm³/mol. The third kappa shape index (κ3) is 3.78. The number of hydrogen-bond donors (Lipinski definition) is 3. The number of aryl methyl sites for hydroxylation is 1. The number of aromatic nitrogens is 2. The smallest absolute Gasteiger partial charge is 0.294 e. The predicted octanol–water partition coefficient (Wildman–Crippen LogP) is 2.41. The first kappa shape index (κ1) is 16.8. The minimum atomic E-state index is -0.779.